The van der Waals surface area contributed by atoms with Gasteiger partial charge in [-0.1, -0.05) is 6.07 Å². The molecule has 3 aliphatic rings. The molecule has 38 heavy (non-hydrogen) atoms. The number of phenolic OH excluding ortho intramolecular Hbond substituents is 2. The molecule has 0 bridgehead atoms. The minimum absolute atomic E-state index is 0.0360. The maximum Gasteiger partial charge on any atom is 0.279 e. The molecule has 5 N–H and O–H groups in total. The van der Waals surface area contributed by atoms with Gasteiger partial charge in [0.2, 0.25) is 11.6 Å². The Morgan fingerprint density at radius 1 is 1.13 bits per heavy atom. The smallest absolute Gasteiger partial charge is 0.279 e. The molecule has 0 spiro atoms. The van der Waals surface area contributed by atoms with Crippen molar-refractivity contribution in [3.8, 4) is 11.5 Å². The van der Waals surface area contributed by atoms with Crippen molar-refractivity contribution in [2.45, 2.75) is 38.2 Å². The fraction of sp³-hybridized carbons (Fsp3) is 0.400. The molecule has 0 aliphatic carbocycles. The second-order valence-electron chi connectivity index (χ2n) is 9.75. The molecule has 11 nitrogen and oxygen atoms in total. The highest BCUT2D eigenvalue weighted by atomic mass is 19.1. The van der Waals surface area contributed by atoms with Crippen LogP contribution in [0.4, 0.5) is 10.1 Å². The number of anilines is 1. The summed E-state index contributed by atoms with van der Waals surface area (Å²) in [5.74, 6) is -3.45. The first kappa shape index (κ1) is 26.0. The Bertz CT molecular complexity index is 1330. The van der Waals surface area contributed by atoms with Crippen LogP contribution in [0.15, 0.2) is 18.2 Å². The molecule has 0 saturated carbocycles. The quantitative estimate of drug-likeness (QED) is 0.236. The predicted octanol–water partition coefficient (Wildman–Crippen LogP) is -0.979. The third kappa shape index (κ3) is 4.36. The third-order valence-electron chi connectivity index (χ3n) is 7.48. The van der Waals surface area contributed by atoms with Crippen molar-refractivity contribution in [2.24, 2.45) is 0 Å². The van der Waals surface area contributed by atoms with Crippen molar-refractivity contribution < 1.29 is 38.8 Å². The Kier molecular flexibility index (Phi) is 6.76. The summed E-state index contributed by atoms with van der Waals surface area (Å²) in [6.07, 6.45) is -0.336. The zero-order valence-corrected chi connectivity index (χ0v) is 20.8. The SMILES string of the molecule is Bc1c(O)c(CNc2cccc3c2CN(C2(O)CCC(=O)NC2=O)C3=O)c(F)c(CN2CCOCC2)c1O. The highest BCUT2D eigenvalue weighted by molar-refractivity contribution is 6.36. The normalized spacial score (nSPS) is 21.9. The number of nitrogens with one attached hydrogen (secondary N) is 2. The Labute approximate surface area is 218 Å². The van der Waals surface area contributed by atoms with Crippen LogP contribution in [0.3, 0.4) is 0 Å². The molecule has 1 unspecified atom stereocenters. The summed E-state index contributed by atoms with van der Waals surface area (Å²) < 4.78 is 20.9. The van der Waals surface area contributed by atoms with Gasteiger partial charge in [-0.2, -0.15) is 0 Å². The fourth-order valence-electron chi connectivity index (χ4n) is 5.17. The van der Waals surface area contributed by atoms with Gasteiger partial charge in [0, 0.05) is 67.0 Å². The zero-order chi connectivity index (χ0) is 27.2. The van der Waals surface area contributed by atoms with E-state index in [1.807, 2.05) is 4.90 Å². The molecule has 0 radical (unpaired) electrons. The number of phenols is 2. The summed E-state index contributed by atoms with van der Waals surface area (Å²) in [5.41, 5.74) is -0.773. The molecule has 2 saturated heterocycles. The maximum absolute atomic E-state index is 15.6. The Hall–Kier alpha value is -3.68. The van der Waals surface area contributed by atoms with Crippen LogP contribution in [0.1, 0.15) is 39.9 Å². The molecule has 2 aromatic carbocycles. The number of fused-ring (bicyclic) bond motifs is 1. The number of halogens is 1. The van der Waals surface area contributed by atoms with E-state index in [9.17, 15) is 29.7 Å². The van der Waals surface area contributed by atoms with Crippen molar-refractivity contribution in [1.82, 2.24) is 15.1 Å². The lowest BCUT2D eigenvalue weighted by molar-refractivity contribution is -0.167. The molecule has 5 rings (SSSR count). The Morgan fingerprint density at radius 2 is 1.84 bits per heavy atom. The van der Waals surface area contributed by atoms with Gasteiger partial charge in [-0.3, -0.25) is 29.5 Å². The summed E-state index contributed by atoms with van der Waals surface area (Å²) in [6.45, 7) is 2.09. The summed E-state index contributed by atoms with van der Waals surface area (Å²) in [6, 6.07) is 4.83. The first-order valence-electron chi connectivity index (χ1n) is 12.4. The number of nitrogens with zero attached hydrogens (tertiary/aromatic N) is 2. The summed E-state index contributed by atoms with van der Waals surface area (Å²) in [5, 5.41) is 37.4. The second-order valence-corrected chi connectivity index (χ2v) is 9.75. The van der Waals surface area contributed by atoms with Crippen molar-refractivity contribution in [1.29, 1.82) is 0 Å². The molecule has 3 amide bonds. The number of aliphatic hydroxyl groups is 1. The van der Waals surface area contributed by atoms with E-state index in [-0.39, 0.29) is 66.1 Å². The first-order valence-corrected chi connectivity index (χ1v) is 12.4. The van der Waals surface area contributed by atoms with E-state index in [0.717, 1.165) is 4.90 Å². The monoisotopic (exact) mass is 526 g/mol. The van der Waals surface area contributed by atoms with Crippen LogP contribution in [0.25, 0.3) is 0 Å². The van der Waals surface area contributed by atoms with E-state index in [2.05, 4.69) is 10.6 Å². The van der Waals surface area contributed by atoms with Gasteiger partial charge in [0.05, 0.1) is 19.8 Å². The molecular formula is C25H28BFN4O7. The largest absolute Gasteiger partial charge is 0.508 e. The van der Waals surface area contributed by atoms with E-state index in [0.29, 0.717) is 37.6 Å². The van der Waals surface area contributed by atoms with Crippen molar-refractivity contribution >= 4 is 36.7 Å². The van der Waals surface area contributed by atoms with Crippen LogP contribution >= 0.6 is 0 Å². The first-order chi connectivity index (χ1) is 18.1. The molecule has 0 aromatic heterocycles. The van der Waals surface area contributed by atoms with Crippen LogP contribution in [0.5, 0.6) is 11.5 Å². The lowest BCUT2D eigenvalue weighted by Gasteiger charge is -2.37. The Balaban J connectivity index is 1.40. The average molecular weight is 526 g/mol. The minimum atomic E-state index is -2.17. The summed E-state index contributed by atoms with van der Waals surface area (Å²) in [4.78, 5) is 40.1. The second kappa shape index (κ2) is 9.89. The molecule has 200 valence electrons. The van der Waals surface area contributed by atoms with Gasteiger partial charge in [-0.15, -0.1) is 0 Å². The van der Waals surface area contributed by atoms with E-state index < -0.39 is 29.3 Å². The summed E-state index contributed by atoms with van der Waals surface area (Å²) >= 11 is 0. The predicted molar refractivity (Wildman–Crippen MR) is 135 cm³/mol. The topological polar surface area (TPSA) is 152 Å². The van der Waals surface area contributed by atoms with Gasteiger partial charge >= 0.3 is 0 Å². The number of hydrogen-bond acceptors (Lipinski definition) is 9. The Morgan fingerprint density at radius 3 is 2.55 bits per heavy atom. The van der Waals surface area contributed by atoms with Gasteiger partial charge in [-0.05, 0) is 17.6 Å². The van der Waals surface area contributed by atoms with Gasteiger partial charge in [0.15, 0.2) is 0 Å². The van der Waals surface area contributed by atoms with E-state index >= 15 is 4.39 Å². The number of imide groups is 1. The van der Waals surface area contributed by atoms with Crippen LogP contribution in [0, 0.1) is 5.82 Å². The lowest BCUT2D eigenvalue weighted by atomic mass is 9.88. The maximum atomic E-state index is 15.6. The van der Waals surface area contributed by atoms with Gasteiger partial charge in [0.25, 0.3) is 11.8 Å². The van der Waals surface area contributed by atoms with Gasteiger partial charge < -0.3 is 25.4 Å². The van der Waals surface area contributed by atoms with Crippen LogP contribution in [-0.2, 0) is 34.0 Å². The third-order valence-corrected chi connectivity index (χ3v) is 7.48. The molecule has 1 atom stereocenters. The van der Waals surface area contributed by atoms with Crippen molar-refractivity contribution in [2.75, 3.05) is 31.6 Å². The highest BCUT2D eigenvalue weighted by Crippen LogP contribution is 2.37. The number of carbonyl (C=O) groups is 3. The number of morpholine rings is 1. The van der Waals surface area contributed by atoms with E-state index in [1.54, 1.807) is 18.2 Å². The zero-order valence-electron chi connectivity index (χ0n) is 20.8. The summed E-state index contributed by atoms with van der Waals surface area (Å²) in [7, 11) is 1.51. The number of carbonyl (C=O) groups excluding carboxylic acids is 3. The number of rotatable bonds is 6. The fourth-order valence-corrected chi connectivity index (χ4v) is 5.17. The number of aromatic hydroxyl groups is 2. The molecule has 13 heteroatoms. The average Bonchev–Trinajstić information content (AvgIpc) is 3.26. The number of ether oxygens (including phenoxy) is 1. The number of benzene rings is 2. The molecule has 3 heterocycles. The van der Waals surface area contributed by atoms with Crippen molar-refractivity contribution in [3.05, 3.63) is 46.3 Å². The number of amides is 3. The van der Waals surface area contributed by atoms with Crippen LogP contribution < -0.4 is 16.1 Å². The van der Waals surface area contributed by atoms with Crippen LogP contribution in [-0.4, -0.2) is 82.7 Å². The lowest BCUT2D eigenvalue weighted by Crippen LogP contribution is -2.63. The van der Waals surface area contributed by atoms with Gasteiger partial charge in [-0.25, -0.2) is 4.39 Å². The highest BCUT2D eigenvalue weighted by Gasteiger charge is 2.51. The van der Waals surface area contributed by atoms with Crippen molar-refractivity contribution in [3.63, 3.8) is 0 Å². The minimum Gasteiger partial charge on any atom is -0.508 e. The molecule has 2 aromatic rings. The standard InChI is InChI=1S/C25H28BFN4O7/c26-19-21(33)14(20(27)16(22(19)34)11-30-6-8-38-9-7-30)10-28-17-3-1-2-13-15(17)12-31(23(13)35)25(37)5-4-18(32)29-24(25)36/h1-3,28,33-34,37H,4-12,26H2,(H,29,32,36). The molecular weight excluding hydrogens is 498 g/mol. The van der Waals surface area contributed by atoms with E-state index in [4.69, 9.17) is 4.74 Å². The van der Waals surface area contributed by atoms with E-state index in [1.165, 1.54) is 7.85 Å². The molecule has 2 fully saturated rings. The number of hydrogen-bond donors (Lipinski definition) is 5. The van der Waals surface area contributed by atoms with Gasteiger partial charge in [0.1, 0.15) is 25.2 Å². The number of piperidine rings is 1. The van der Waals surface area contributed by atoms with Crippen LogP contribution in [0.2, 0.25) is 0 Å². The molecule has 3 aliphatic heterocycles.